The van der Waals surface area contributed by atoms with E-state index in [1.54, 1.807) is 0 Å². The summed E-state index contributed by atoms with van der Waals surface area (Å²) in [5, 5.41) is 3.52. The first kappa shape index (κ1) is 12.2. The number of hydrogen-bond donors (Lipinski definition) is 1. The Hall–Kier alpha value is -1.81. The van der Waals surface area contributed by atoms with Gasteiger partial charge in [0.05, 0.1) is 6.33 Å². The van der Waals surface area contributed by atoms with E-state index >= 15 is 0 Å². The molecule has 1 aromatic heterocycles. The second-order valence-electron chi connectivity index (χ2n) is 5.12. The van der Waals surface area contributed by atoms with Crippen molar-refractivity contribution < 1.29 is 4.74 Å². The third-order valence-corrected chi connectivity index (χ3v) is 3.45. The summed E-state index contributed by atoms with van der Waals surface area (Å²) in [5.74, 6) is 1.04. The molecular formula is C15H19N3O. The van der Waals surface area contributed by atoms with Gasteiger partial charge in [-0.1, -0.05) is 18.2 Å². The number of aromatic nitrogens is 2. The van der Waals surface area contributed by atoms with Crippen molar-refractivity contribution in [1.29, 1.82) is 0 Å². The second-order valence-corrected chi connectivity index (χ2v) is 5.12. The summed E-state index contributed by atoms with van der Waals surface area (Å²) in [6, 6.07) is 8.69. The van der Waals surface area contributed by atoms with E-state index in [1.807, 2.05) is 30.9 Å². The molecule has 0 fully saturated rings. The van der Waals surface area contributed by atoms with Crippen LogP contribution in [0.2, 0.25) is 0 Å². The molecule has 4 heteroatoms. The van der Waals surface area contributed by atoms with Crippen LogP contribution < -0.4 is 10.1 Å². The summed E-state index contributed by atoms with van der Waals surface area (Å²) in [4.78, 5) is 4.05. The van der Waals surface area contributed by atoms with Gasteiger partial charge in [0, 0.05) is 37.9 Å². The minimum Gasteiger partial charge on any atom is -0.488 e. The van der Waals surface area contributed by atoms with Gasteiger partial charge in [-0.15, -0.1) is 0 Å². The number of para-hydroxylation sites is 1. The molecule has 0 saturated carbocycles. The van der Waals surface area contributed by atoms with Crippen LogP contribution in [0.25, 0.3) is 0 Å². The van der Waals surface area contributed by atoms with Crippen LogP contribution >= 0.6 is 0 Å². The van der Waals surface area contributed by atoms with Gasteiger partial charge >= 0.3 is 0 Å². The highest BCUT2D eigenvalue weighted by Crippen LogP contribution is 2.27. The Morgan fingerprint density at radius 3 is 3.16 bits per heavy atom. The minimum absolute atomic E-state index is 0.252. The number of imidazole rings is 1. The van der Waals surface area contributed by atoms with Crippen LogP contribution in [0.5, 0.6) is 5.75 Å². The smallest absolute Gasteiger partial charge is 0.123 e. The fourth-order valence-electron chi connectivity index (χ4n) is 2.48. The molecule has 1 aliphatic heterocycles. The molecule has 1 N–H and O–H groups in total. The molecule has 2 heterocycles. The van der Waals surface area contributed by atoms with Gasteiger partial charge in [0.25, 0.3) is 0 Å². The van der Waals surface area contributed by atoms with Gasteiger partial charge in [-0.2, -0.15) is 0 Å². The average Bonchev–Trinajstić information content (AvgIpc) is 3.04. The molecule has 0 aliphatic carbocycles. The first-order chi connectivity index (χ1) is 9.31. The number of fused-ring (bicyclic) bond motifs is 1. The lowest BCUT2D eigenvalue weighted by molar-refractivity contribution is 0.220. The lowest BCUT2D eigenvalue weighted by Gasteiger charge is -2.17. The van der Waals surface area contributed by atoms with Gasteiger partial charge in [0.2, 0.25) is 0 Å². The SMILES string of the molecule is CC(Cn1ccnc1)NCC1Cc2ccccc2O1. The lowest BCUT2D eigenvalue weighted by Crippen LogP contribution is -2.37. The molecule has 2 atom stereocenters. The molecule has 2 unspecified atom stereocenters. The first-order valence-corrected chi connectivity index (χ1v) is 6.75. The van der Waals surface area contributed by atoms with Crippen LogP contribution in [0.1, 0.15) is 12.5 Å². The molecular weight excluding hydrogens is 238 g/mol. The highest BCUT2D eigenvalue weighted by atomic mass is 16.5. The van der Waals surface area contributed by atoms with Gasteiger partial charge in [-0.3, -0.25) is 0 Å². The maximum atomic E-state index is 5.91. The number of ether oxygens (including phenoxy) is 1. The fraction of sp³-hybridized carbons (Fsp3) is 0.400. The van der Waals surface area contributed by atoms with Gasteiger partial charge in [-0.25, -0.2) is 4.98 Å². The van der Waals surface area contributed by atoms with E-state index in [-0.39, 0.29) is 6.10 Å². The molecule has 0 amide bonds. The van der Waals surface area contributed by atoms with Crippen LogP contribution in [-0.2, 0) is 13.0 Å². The Balaban J connectivity index is 1.46. The third-order valence-electron chi connectivity index (χ3n) is 3.45. The maximum Gasteiger partial charge on any atom is 0.123 e. The summed E-state index contributed by atoms with van der Waals surface area (Å²) in [6.45, 7) is 3.99. The minimum atomic E-state index is 0.252. The Labute approximate surface area is 113 Å². The number of rotatable bonds is 5. The molecule has 0 bridgehead atoms. The van der Waals surface area contributed by atoms with Crippen molar-refractivity contribution in [2.75, 3.05) is 6.54 Å². The highest BCUT2D eigenvalue weighted by Gasteiger charge is 2.22. The van der Waals surface area contributed by atoms with E-state index in [0.717, 1.165) is 25.3 Å². The van der Waals surface area contributed by atoms with Gasteiger partial charge < -0.3 is 14.6 Å². The van der Waals surface area contributed by atoms with Crippen molar-refractivity contribution in [3.63, 3.8) is 0 Å². The van der Waals surface area contributed by atoms with Gasteiger partial charge in [-0.05, 0) is 18.6 Å². The van der Waals surface area contributed by atoms with Crippen molar-refractivity contribution in [1.82, 2.24) is 14.9 Å². The quantitative estimate of drug-likeness (QED) is 0.888. The first-order valence-electron chi connectivity index (χ1n) is 6.75. The predicted molar refractivity (Wildman–Crippen MR) is 74.3 cm³/mol. The summed E-state index contributed by atoms with van der Waals surface area (Å²) in [7, 11) is 0. The van der Waals surface area contributed by atoms with E-state index in [0.29, 0.717) is 6.04 Å². The molecule has 0 spiro atoms. The standard InChI is InChI=1S/C15H19N3O/c1-12(10-18-7-6-16-11-18)17-9-14-8-13-4-2-3-5-15(13)19-14/h2-7,11-12,14,17H,8-10H2,1H3. The topological polar surface area (TPSA) is 39.1 Å². The third kappa shape index (κ3) is 2.96. The lowest BCUT2D eigenvalue weighted by atomic mass is 10.1. The molecule has 1 aromatic carbocycles. The predicted octanol–water partition coefficient (Wildman–Crippen LogP) is 1.86. The van der Waals surface area contributed by atoms with E-state index in [4.69, 9.17) is 4.74 Å². The van der Waals surface area contributed by atoms with Crippen molar-refractivity contribution in [2.24, 2.45) is 0 Å². The number of hydrogen-bond acceptors (Lipinski definition) is 3. The molecule has 2 aromatic rings. The molecule has 1 aliphatic rings. The molecule has 4 nitrogen and oxygen atoms in total. The largest absolute Gasteiger partial charge is 0.488 e. The Morgan fingerprint density at radius 2 is 2.37 bits per heavy atom. The van der Waals surface area contributed by atoms with Crippen LogP contribution in [0.15, 0.2) is 43.0 Å². The van der Waals surface area contributed by atoms with Gasteiger partial charge in [0.1, 0.15) is 11.9 Å². The van der Waals surface area contributed by atoms with Crippen LogP contribution in [0.4, 0.5) is 0 Å². The summed E-state index contributed by atoms with van der Waals surface area (Å²) >= 11 is 0. The van der Waals surface area contributed by atoms with E-state index in [1.165, 1.54) is 5.56 Å². The summed E-state index contributed by atoms with van der Waals surface area (Å²) in [5.41, 5.74) is 1.32. The highest BCUT2D eigenvalue weighted by molar-refractivity contribution is 5.37. The number of nitrogens with zero attached hydrogens (tertiary/aromatic N) is 2. The fourth-order valence-corrected chi connectivity index (χ4v) is 2.48. The average molecular weight is 257 g/mol. The monoisotopic (exact) mass is 257 g/mol. The normalized spacial score (nSPS) is 18.9. The maximum absolute atomic E-state index is 5.91. The molecule has 0 saturated heterocycles. The molecule has 3 rings (SSSR count). The zero-order valence-electron chi connectivity index (χ0n) is 11.1. The zero-order valence-corrected chi connectivity index (χ0v) is 11.1. The summed E-state index contributed by atoms with van der Waals surface area (Å²) in [6.07, 6.45) is 6.90. The Morgan fingerprint density at radius 1 is 1.47 bits per heavy atom. The Bertz CT molecular complexity index is 499. The summed E-state index contributed by atoms with van der Waals surface area (Å²) < 4.78 is 8.00. The molecule has 19 heavy (non-hydrogen) atoms. The van der Waals surface area contributed by atoms with Crippen molar-refractivity contribution in [3.8, 4) is 5.75 Å². The van der Waals surface area contributed by atoms with Crippen LogP contribution in [-0.4, -0.2) is 28.2 Å². The zero-order chi connectivity index (χ0) is 13.1. The Kier molecular flexibility index (Phi) is 3.51. The second kappa shape index (κ2) is 5.45. The van der Waals surface area contributed by atoms with Crippen LogP contribution in [0.3, 0.4) is 0 Å². The van der Waals surface area contributed by atoms with E-state index in [2.05, 4.69) is 33.9 Å². The van der Waals surface area contributed by atoms with E-state index < -0.39 is 0 Å². The van der Waals surface area contributed by atoms with E-state index in [9.17, 15) is 0 Å². The van der Waals surface area contributed by atoms with Gasteiger partial charge in [0.15, 0.2) is 0 Å². The number of nitrogens with one attached hydrogen (secondary N) is 1. The van der Waals surface area contributed by atoms with Crippen molar-refractivity contribution in [3.05, 3.63) is 48.5 Å². The van der Waals surface area contributed by atoms with Crippen molar-refractivity contribution in [2.45, 2.75) is 32.0 Å². The van der Waals surface area contributed by atoms with Crippen LogP contribution in [0, 0.1) is 0 Å². The number of benzene rings is 1. The van der Waals surface area contributed by atoms with Crippen molar-refractivity contribution >= 4 is 0 Å². The molecule has 100 valence electrons. The molecule has 0 radical (unpaired) electrons.